The summed E-state index contributed by atoms with van der Waals surface area (Å²) in [6.45, 7) is 3.48. The minimum atomic E-state index is -5.00. The second-order valence-electron chi connectivity index (χ2n) is 14.8. The Morgan fingerprint density at radius 1 is 1.08 bits per heavy atom. The smallest absolute Gasteiger partial charge is 0.363 e. The van der Waals surface area contributed by atoms with Gasteiger partial charge in [-0.05, 0) is 92.1 Å². The standard InChI is InChI=1S/C36H43FN5O7PS/c37-32(50(46,47)48)22-3-8-30-24(16-22)17-31(51-30)33(43)39-28-6-4-26(40-12-14-49-15-13-40)18-27-5-7-29(42(27)34(28)44)35(45)41-21-25(19-36(41)9-10-36)23-2-1-11-38-20-23/h1-3,8,11,16-17,20,25-29,32H,4-7,9-10,12-15,18-19,21H2,(H,39,43)(H2,46,47,48)/t25-,26+,27-,28+,29+,32-/m1/s1. The first-order chi connectivity index (χ1) is 24.5. The molecule has 3 N–H and O–H groups in total. The number of nitrogens with one attached hydrogen (secondary N) is 1. The maximum Gasteiger partial charge on any atom is 0.363 e. The van der Waals surface area contributed by atoms with Gasteiger partial charge in [-0.25, -0.2) is 4.39 Å². The van der Waals surface area contributed by atoms with Gasteiger partial charge in [0.15, 0.2) is 0 Å². The average molecular weight is 740 g/mol. The molecule has 51 heavy (non-hydrogen) atoms. The van der Waals surface area contributed by atoms with Crippen LogP contribution in [0.3, 0.4) is 0 Å². The molecule has 1 aromatic carbocycles. The largest absolute Gasteiger partial charge is 0.379 e. The van der Waals surface area contributed by atoms with E-state index in [4.69, 9.17) is 4.74 Å². The number of rotatable bonds is 7. The van der Waals surface area contributed by atoms with Crippen LogP contribution in [0.15, 0.2) is 48.8 Å². The molecule has 1 spiro atoms. The van der Waals surface area contributed by atoms with E-state index in [1.807, 2.05) is 17.2 Å². The van der Waals surface area contributed by atoms with E-state index in [9.17, 15) is 33.1 Å². The minimum absolute atomic E-state index is 0.00472. The van der Waals surface area contributed by atoms with Crippen LogP contribution < -0.4 is 5.32 Å². The number of morpholine rings is 1. The van der Waals surface area contributed by atoms with Crippen molar-refractivity contribution in [2.24, 2.45) is 0 Å². The molecule has 272 valence electrons. The lowest BCUT2D eigenvalue weighted by Gasteiger charge is -2.42. The molecule has 3 amide bonds. The Balaban J connectivity index is 1.05. The molecule has 6 heterocycles. The Labute approximate surface area is 299 Å². The zero-order valence-corrected chi connectivity index (χ0v) is 29.9. The summed E-state index contributed by atoms with van der Waals surface area (Å²) in [5.74, 6) is -2.95. The number of fused-ring (bicyclic) bond motifs is 2. The molecule has 5 fully saturated rings. The maximum atomic E-state index is 14.6. The van der Waals surface area contributed by atoms with Crippen LogP contribution in [0.4, 0.5) is 4.39 Å². The molecule has 1 saturated carbocycles. The number of thiophene rings is 1. The predicted molar refractivity (Wildman–Crippen MR) is 188 cm³/mol. The lowest BCUT2D eigenvalue weighted by atomic mass is 9.93. The van der Waals surface area contributed by atoms with Crippen LogP contribution in [0, 0.1) is 0 Å². The van der Waals surface area contributed by atoms with Gasteiger partial charge >= 0.3 is 7.60 Å². The van der Waals surface area contributed by atoms with Crippen LogP contribution in [0.1, 0.15) is 84.0 Å². The highest BCUT2D eigenvalue weighted by atomic mass is 32.1. The fourth-order valence-corrected chi connectivity index (χ4v) is 10.4. The van der Waals surface area contributed by atoms with Gasteiger partial charge in [0.2, 0.25) is 17.7 Å². The SMILES string of the molecule is O=C(N[C@H]1CC[C@H](N2CCOCC2)C[C@H]2CC[C@@H](C(=O)N3C[C@H](c4cccnc4)CC34CC4)N2C1=O)c1cc2cc([C@H](F)P(=O)(O)O)ccc2s1. The van der Waals surface area contributed by atoms with E-state index in [0.717, 1.165) is 62.1 Å². The van der Waals surface area contributed by atoms with E-state index in [1.54, 1.807) is 12.3 Å². The van der Waals surface area contributed by atoms with E-state index in [1.165, 1.54) is 18.2 Å². The van der Waals surface area contributed by atoms with Crippen molar-refractivity contribution in [3.05, 3.63) is 64.8 Å². The second-order valence-corrected chi connectivity index (χ2v) is 17.5. The average Bonchev–Trinajstić information content (AvgIpc) is 3.42. The Kier molecular flexibility index (Phi) is 9.29. The highest BCUT2D eigenvalue weighted by Crippen LogP contribution is 2.55. The first-order valence-electron chi connectivity index (χ1n) is 17.9. The zero-order chi connectivity index (χ0) is 35.5. The Hall–Kier alpha value is -3.26. The van der Waals surface area contributed by atoms with E-state index in [2.05, 4.69) is 26.2 Å². The number of hydrogen-bond acceptors (Lipinski definition) is 8. The van der Waals surface area contributed by atoms with Gasteiger partial charge in [0.1, 0.15) is 12.1 Å². The van der Waals surface area contributed by atoms with E-state index in [-0.39, 0.29) is 40.9 Å². The van der Waals surface area contributed by atoms with E-state index in [0.29, 0.717) is 54.0 Å². The van der Waals surface area contributed by atoms with Gasteiger partial charge in [0.05, 0.1) is 18.1 Å². The molecular weight excluding hydrogens is 696 g/mol. The van der Waals surface area contributed by atoms with Gasteiger partial charge < -0.3 is 29.6 Å². The lowest BCUT2D eigenvalue weighted by molar-refractivity contribution is -0.148. The monoisotopic (exact) mass is 739 g/mol. The van der Waals surface area contributed by atoms with Gasteiger partial charge in [-0.1, -0.05) is 12.1 Å². The molecule has 0 unspecified atom stereocenters. The third-order valence-electron chi connectivity index (χ3n) is 11.7. The molecule has 12 nitrogen and oxygen atoms in total. The third kappa shape index (κ3) is 6.75. The van der Waals surface area contributed by atoms with Crippen LogP contribution in [-0.4, -0.2) is 110 Å². The van der Waals surface area contributed by atoms with Gasteiger partial charge in [0, 0.05) is 60.3 Å². The number of aromatic nitrogens is 1. The molecule has 15 heteroatoms. The Morgan fingerprint density at radius 3 is 2.59 bits per heavy atom. The van der Waals surface area contributed by atoms with Crippen molar-refractivity contribution in [3.63, 3.8) is 0 Å². The summed E-state index contributed by atoms with van der Waals surface area (Å²) in [6.07, 6.45) is 9.64. The fraction of sp³-hybridized carbons (Fsp3) is 0.556. The zero-order valence-electron chi connectivity index (χ0n) is 28.2. The van der Waals surface area contributed by atoms with Crippen LogP contribution in [0.2, 0.25) is 0 Å². The van der Waals surface area contributed by atoms with Gasteiger partial charge in [0.25, 0.3) is 5.91 Å². The van der Waals surface area contributed by atoms with Crippen LogP contribution in [0.5, 0.6) is 0 Å². The number of pyridine rings is 1. The summed E-state index contributed by atoms with van der Waals surface area (Å²) in [7, 11) is -5.00. The molecule has 0 radical (unpaired) electrons. The number of benzene rings is 1. The number of likely N-dealkylation sites (tertiary alicyclic amines) is 1. The summed E-state index contributed by atoms with van der Waals surface area (Å²) in [5.41, 5.74) is 0.795. The molecule has 4 saturated heterocycles. The molecule has 4 aliphatic heterocycles. The van der Waals surface area contributed by atoms with Crippen molar-refractivity contribution in [1.82, 2.24) is 25.0 Å². The van der Waals surface area contributed by atoms with Crippen molar-refractivity contribution >= 4 is 46.7 Å². The number of carbonyl (C=O) groups excluding carboxylic acids is 3. The molecule has 2 aromatic heterocycles. The van der Waals surface area contributed by atoms with Crippen molar-refractivity contribution in [3.8, 4) is 0 Å². The fourth-order valence-electron chi connectivity index (χ4n) is 8.95. The molecule has 0 bridgehead atoms. The number of halogens is 1. The normalized spacial score (nSPS) is 28.8. The number of ether oxygens (including phenoxy) is 1. The predicted octanol–water partition coefficient (Wildman–Crippen LogP) is 4.33. The number of carbonyl (C=O) groups is 3. The number of hydrogen-bond donors (Lipinski definition) is 3. The highest BCUT2D eigenvalue weighted by molar-refractivity contribution is 7.51. The Bertz CT molecular complexity index is 1860. The topological polar surface area (TPSA) is 153 Å². The quantitative estimate of drug-likeness (QED) is 0.301. The summed E-state index contributed by atoms with van der Waals surface area (Å²) in [6, 6.07) is 8.35. The number of alkyl halides is 1. The minimum Gasteiger partial charge on any atom is -0.379 e. The third-order valence-corrected chi connectivity index (χ3v) is 13.7. The summed E-state index contributed by atoms with van der Waals surface area (Å²) in [5, 5.41) is 3.48. The number of amides is 3. The summed E-state index contributed by atoms with van der Waals surface area (Å²) >= 11 is 1.16. The summed E-state index contributed by atoms with van der Waals surface area (Å²) < 4.78 is 32.2. The van der Waals surface area contributed by atoms with Gasteiger partial charge in [-0.2, -0.15) is 0 Å². The van der Waals surface area contributed by atoms with Gasteiger partial charge in [-0.3, -0.25) is 28.8 Å². The first kappa shape index (κ1) is 34.8. The van der Waals surface area contributed by atoms with Crippen LogP contribution >= 0.6 is 18.9 Å². The molecule has 1 aliphatic carbocycles. The summed E-state index contributed by atoms with van der Waals surface area (Å²) in [4.78, 5) is 72.5. The maximum absolute atomic E-state index is 14.6. The molecule has 6 atom stereocenters. The number of nitrogens with zero attached hydrogens (tertiary/aromatic N) is 4. The van der Waals surface area contributed by atoms with Gasteiger partial charge in [-0.15, -0.1) is 11.3 Å². The first-order valence-corrected chi connectivity index (χ1v) is 20.4. The van der Waals surface area contributed by atoms with Crippen molar-refractivity contribution in [2.45, 2.75) is 92.9 Å². The van der Waals surface area contributed by atoms with Crippen LogP contribution in [-0.2, 0) is 18.9 Å². The molecule has 8 rings (SSSR count). The second kappa shape index (κ2) is 13.6. The van der Waals surface area contributed by atoms with Crippen molar-refractivity contribution in [2.75, 3.05) is 32.8 Å². The molecular formula is C36H43FN5O7PS. The lowest BCUT2D eigenvalue weighted by Crippen LogP contribution is -2.59. The highest BCUT2D eigenvalue weighted by Gasteiger charge is 2.58. The Morgan fingerprint density at radius 2 is 1.86 bits per heavy atom. The molecule has 3 aromatic rings. The molecule has 5 aliphatic rings. The van der Waals surface area contributed by atoms with E-state index < -0.39 is 31.5 Å². The van der Waals surface area contributed by atoms with Crippen molar-refractivity contribution < 1.29 is 37.9 Å². The van der Waals surface area contributed by atoms with E-state index >= 15 is 0 Å². The van der Waals surface area contributed by atoms with Crippen LogP contribution in [0.25, 0.3) is 10.1 Å². The van der Waals surface area contributed by atoms with Crippen molar-refractivity contribution in [1.29, 1.82) is 0 Å².